The molecule has 7 nitrogen and oxygen atoms in total. The summed E-state index contributed by atoms with van der Waals surface area (Å²) < 4.78 is 1.36. The third-order valence-corrected chi connectivity index (χ3v) is 4.69. The van der Waals surface area contributed by atoms with Gasteiger partial charge < -0.3 is 5.32 Å². The Morgan fingerprint density at radius 1 is 1.30 bits per heavy atom. The van der Waals surface area contributed by atoms with E-state index >= 15 is 0 Å². The molecule has 0 spiro atoms. The lowest BCUT2D eigenvalue weighted by Gasteiger charge is -2.05. The van der Waals surface area contributed by atoms with Gasteiger partial charge in [0.15, 0.2) is 0 Å². The molecule has 2 aromatic heterocycles. The lowest BCUT2D eigenvalue weighted by molar-refractivity contribution is -0.115. The van der Waals surface area contributed by atoms with Crippen LogP contribution in [0.15, 0.2) is 58.4 Å². The van der Waals surface area contributed by atoms with Crippen LogP contribution in [-0.2, 0) is 4.79 Å². The molecule has 0 radical (unpaired) electrons. The first-order chi connectivity index (χ1) is 13.1. The van der Waals surface area contributed by atoms with Crippen LogP contribution in [-0.4, -0.2) is 26.4 Å². The van der Waals surface area contributed by atoms with E-state index in [-0.39, 0.29) is 17.9 Å². The SMILES string of the molecule is Cc1ccc(C#N)c(SCCC(=O)Nc2cc(=O)n(-c3ccccc3)[nH]2)n1. The quantitative estimate of drug-likeness (QED) is 0.641. The zero-order valence-corrected chi connectivity index (χ0v) is 15.4. The number of aryl methyl sites for hydroxylation is 1. The Labute approximate surface area is 160 Å². The molecule has 2 heterocycles. The molecule has 0 unspecified atom stereocenters. The van der Waals surface area contributed by atoms with Crippen LogP contribution in [0.2, 0.25) is 0 Å². The van der Waals surface area contributed by atoms with Gasteiger partial charge in [-0.2, -0.15) is 5.26 Å². The fourth-order valence-electron chi connectivity index (χ4n) is 2.41. The molecule has 0 aliphatic rings. The summed E-state index contributed by atoms with van der Waals surface area (Å²) in [6.45, 7) is 1.85. The van der Waals surface area contributed by atoms with E-state index < -0.39 is 0 Å². The Hall–Kier alpha value is -3.31. The number of nitrogens with one attached hydrogen (secondary N) is 2. The molecule has 2 N–H and O–H groups in total. The van der Waals surface area contributed by atoms with E-state index in [1.165, 1.54) is 22.5 Å². The van der Waals surface area contributed by atoms with E-state index in [1.54, 1.807) is 24.3 Å². The number of rotatable bonds is 6. The van der Waals surface area contributed by atoms with E-state index in [0.717, 1.165) is 5.69 Å². The lowest BCUT2D eigenvalue weighted by Crippen LogP contribution is -2.14. The molecule has 0 aliphatic carbocycles. The number of nitrogens with zero attached hydrogens (tertiary/aromatic N) is 3. The maximum atomic E-state index is 12.1. The Bertz CT molecular complexity index is 1050. The van der Waals surface area contributed by atoms with Crippen LogP contribution < -0.4 is 10.9 Å². The molecule has 0 fully saturated rings. The minimum Gasteiger partial charge on any atom is -0.311 e. The number of hydrogen-bond acceptors (Lipinski definition) is 5. The minimum absolute atomic E-state index is 0.226. The zero-order valence-electron chi connectivity index (χ0n) is 14.6. The predicted molar refractivity (Wildman–Crippen MR) is 104 cm³/mol. The summed E-state index contributed by atoms with van der Waals surface area (Å²) in [6.07, 6.45) is 0.226. The first-order valence-electron chi connectivity index (χ1n) is 8.24. The van der Waals surface area contributed by atoms with Gasteiger partial charge in [-0.3, -0.25) is 14.7 Å². The highest BCUT2D eigenvalue weighted by molar-refractivity contribution is 7.99. The van der Waals surface area contributed by atoms with Crippen molar-refractivity contribution in [2.45, 2.75) is 18.4 Å². The number of anilines is 1. The number of aromatic amines is 1. The number of amides is 1. The number of H-pyrrole nitrogens is 1. The second kappa shape index (κ2) is 8.38. The summed E-state index contributed by atoms with van der Waals surface area (Å²) in [5.41, 5.74) is 1.75. The van der Waals surface area contributed by atoms with Gasteiger partial charge in [0.1, 0.15) is 16.9 Å². The molecular weight excluding hydrogens is 362 g/mol. The number of hydrogen-bond donors (Lipinski definition) is 2. The maximum Gasteiger partial charge on any atom is 0.273 e. The molecule has 136 valence electrons. The normalized spacial score (nSPS) is 10.4. The summed E-state index contributed by atoms with van der Waals surface area (Å²) in [5, 5.41) is 15.3. The Morgan fingerprint density at radius 2 is 2.07 bits per heavy atom. The Balaban J connectivity index is 1.59. The maximum absolute atomic E-state index is 12.1. The molecular formula is C19H17N5O2S. The van der Waals surface area contributed by atoms with Crippen LogP contribution >= 0.6 is 11.8 Å². The average molecular weight is 379 g/mol. The van der Waals surface area contributed by atoms with Crippen molar-refractivity contribution in [3.8, 4) is 11.8 Å². The van der Waals surface area contributed by atoms with Gasteiger partial charge in [-0.1, -0.05) is 18.2 Å². The van der Waals surface area contributed by atoms with Gasteiger partial charge in [0, 0.05) is 23.9 Å². The molecule has 3 aromatic rings. The van der Waals surface area contributed by atoms with Gasteiger partial charge in [0.2, 0.25) is 5.91 Å². The fraction of sp³-hybridized carbons (Fsp3) is 0.158. The third kappa shape index (κ3) is 4.65. The van der Waals surface area contributed by atoms with Crippen molar-refractivity contribution in [2.24, 2.45) is 0 Å². The summed E-state index contributed by atoms with van der Waals surface area (Å²) in [5.74, 6) is 0.584. The van der Waals surface area contributed by atoms with Gasteiger partial charge in [-0.05, 0) is 31.2 Å². The number of pyridine rings is 1. The molecule has 3 rings (SSSR count). The number of carbonyl (C=O) groups is 1. The van der Waals surface area contributed by atoms with E-state index in [4.69, 9.17) is 5.26 Å². The summed E-state index contributed by atoms with van der Waals surface area (Å²) in [4.78, 5) is 28.5. The molecule has 0 atom stereocenters. The van der Waals surface area contributed by atoms with Gasteiger partial charge in [-0.25, -0.2) is 9.67 Å². The number of carbonyl (C=O) groups excluding carboxylic acids is 1. The van der Waals surface area contributed by atoms with Gasteiger partial charge in [0.05, 0.1) is 11.3 Å². The number of aromatic nitrogens is 3. The third-order valence-electron chi connectivity index (χ3n) is 3.70. The van der Waals surface area contributed by atoms with Crippen molar-refractivity contribution in [1.29, 1.82) is 5.26 Å². The smallest absolute Gasteiger partial charge is 0.273 e. The molecule has 0 saturated heterocycles. The number of nitriles is 1. The van der Waals surface area contributed by atoms with Crippen molar-refractivity contribution >= 4 is 23.5 Å². The fourth-order valence-corrected chi connectivity index (χ4v) is 3.37. The molecule has 27 heavy (non-hydrogen) atoms. The van der Waals surface area contributed by atoms with Crippen molar-refractivity contribution < 1.29 is 4.79 Å². The topological polar surface area (TPSA) is 104 Å². The van der Waals surface area contributed by atoms with Crippen LogP contribution in [0, 0.1) is 18.3 Å². The first kappa shape index (κ1) is 18.5. The first-order valence-corrected chi connectivity index (χ1v) is 9.23. The average Bonchev–Trinajstić information content (AvgIpc) is 3.02. The standard InChI is InChI=1S/C19H17N5O2S/c1-13-7-8-14(12-20)19(21-13)27-10-9-17(25)22-16-11-18(26)24(23-16)15-5-3-2-4-6-15/h2-8,11,23H,9-10H2,1H3,(H,22,25). The Morgan fingerprint density at radius 3 is 2.81 bits per heavy atom. The molecule has 0 aliphatic heterocycles. The van der Waals surface area contributed by atoms with Crippen molar-refractivity contribution in [2.75, 3.05) is 11.1 Å². The number of benzene rings is 1. The highest BCUT2D eigenvalue weighted by atomic mass is 32.2. The van der Waals surface area contributed by atoms with E-state index in [2.05, 4.69) is 21.5 Å². The molecule has 8 heteroatoms. The molecule has 1 aromatic carbocycles. The highest BCUT2D eigenvalue weighted by Crippen LogP contribution is 2.21. The summed E-state index contributed by atoms with van der Waals surface area (Å²) >= 11 is 1.36. The minimum atomic E-state index is -0.256. The van der Waals surface area contributed by atoms with Crippen LogP contribution in [0.25, 0.3) is 5.69 Å². The number of thioether (sulfide) groups is 1. The molecule has 0 bridgehead atoms. The monoisotopic (exact) mass is 379 g/mol. The van der Waals surface area contributed by atoms with E-state index in [9.17, 15) is 9.59 Å². The number of para-hydroxylation sites is 1. The Kier molecular flexibility index (Phi) is 5.74. The van der Waals surface area contributed by atoms with Crippen molar-refractivity contribution in [3.05, 3.63) is 70.1 Å². The van der Waals surface area contributed by atoms with E-state index in [0.29, 0.717) is 27.8 Å². The highest BCUT2D eigenvalue weighted by Gasteiger charge is 2.10. The summed E-state index contributed by atoms with van der Waals surface area (Å²) in [6, 6.07) is 16.0. The van der Waals surface area contributed by atoms with Crippen molar-refractivity contribution in [3.63, 3.8) is 0 Å². The second-order valence-electron chi connectivity index (χ2n) is 5.74. The zero-order chi connectivity index (χ0) is 19.2. The van der Waals surface area contributed by atoms with Gasteiger partial charge in [-0.15, -0.1) is 11.8 Å². The second-order valence-corrected chi connectivity index (χ2v) is 6.83. The van der Waals surface area contributed by atoms with Crippen LogP contribution in [0.1, 0.15) is 17.7 Å². The largest absolute Gasteiger partial charge is 0.311 e. The molecule has 0 saturated carbocycles. The predicted octanol–water partition coefficient (Wildman–Crippen LogP) is 2.86. The van der Waals surface area contributed by atoms with Crippen LogP contribution in [0.4, 0.5) is 5.82 Å². The lowest BCUT2D eigenvalue weighted by atomic mass is 10.3. The van der Waals surface area contributed by atoms with Crippen LogP contribution in [0.3, 0.4) is 0 Å². The van der Waals surface area contributed by atoms with Crippen molar-refractivity contribution in [1.82, 2.24) is 14.8 Å². The van der Waals surface area contributed by atoms with Gasteiger partial charge in [0.25, 0.3) is 5.56 Å². The van der Waals surface area contributed by atoms with E-state index in [1.807, 2.05) is 25.1 Å². The van der Waals surface area contributed by atoms with Gasteiger partial charge >= 0.3 is 0 Å². The van der Waals surface area contributed by atoms with Crippen LogP contribution in [0.5, 0.6) is 0 Å². The summed E-state index contributed by atoms with van der Waals surface area (Å²) in [7, 11) is 0. The molecule has 1 amide bonds.